The molecule has 94 valence electrons. The van der Waals surface area contributed by atoms with Crippen LogP contribution in [-0.4, -0.2) is 5.04 Å². The fourth-order valence-corrected chi connectivity index (χ4v) is 2.39. The number of nitrogens with two attached hydrogens (primary N) is 1. The minimum absolute atomic E-state index is 0.0182. The highest BCUT2D eigenvalue weighted by molar-refractivity contribution is 8.17. The molecule has 1 unspecified atom stereocenters. The molecule has 0 aromatic carbocycles. The van der Waals surface area contributed by atoms with Crippen LogP contribution in [-0.2, 0) is 0 Å². The van der Waals surface area contributed by atoms with Crippen LogP contribution in [0.2, 0.25) is 0 Å². The number of nitrogens with zero attached hydrogens (tertiary/aromatic N) is 1. The van der Waals surface area contributed by atoms with Crippen molar-refractivity contribution >= 4 is 16.8 Å². The Bertz CT molecular complexity index is 272. The molecule has 0 aromatic rings. The minimum Gasteiger partial charge on any atom is -0.322 e. The number of hydrazone groups is 1. The van der Waals surface area contributed by atoms with Crippen molar-refractivity contribution in [3.63, 3.8) is 0 Å². The summed E-state index contributed by atoms with van der Waals surface area (Å²) >= 11 is 1.72. The third-order valence-electron chi connectivity index (χ3n) is 2.71. The smallest absolute Gasteiger partial charge is 0.103 e. The van der Waals surface area contributed by atoms with Crippen LogP contribution < -0.4 is 5.84 Å². The van der Waals surface area contributed by atoms with E-state index in [4.69, 9.17) is 5.84 Å². The van der Waals surface area contributed by atoms with E-state index in [0.717, 1.165) is 5.04 Å². The topological polar surface area (TPSA) is 38.4 Å². The Kier molecular flexibility index (Phi) is 6.16. The van der Waals surface area contributed by atoms with E-state index >= 15 is 0 Å². The first-order valence-corrected chi connectivity index (χ1v) is 6.68. The molecule has 0 aromatic heterocycles. The molecule has 2 N–H and O–H groups in total. The average molecular weight is 242 g/mol. The quantitative estimate of drug-likeness (QED) is 0.348. The number of hydrogen-bond donors (Lipinski definition) is 1. The van der Waals surface area contributed by atoms with Crippen LogP contribution in [0.4, 0.5) is 0 Å². The Morgan fingerprint density at radius 2 is 1.75 bits per heavy atom. The summed E-state index contributed by atoms with van der Waals surface area (Å²) in [6, 6.07) is 0. The summed E-state index contributed by atoms with van der Waals surface area (Å²) < 4.78 is 0. The zero-order valence-electron chi connectivity index (χ0n) is 11.7. The van der Waals surface area contributed by atoms with Crippen molar-refractivity contribution in [3.8, 4) is 0 Å². The third kappa shape index (κ3) is 4.60. The molecule has 2 nitrogen and oxygen atoms in total. The maximum absolute atomic E-state index is 5.48. The van der Waals surface area contributed by atoms with Crippen molar-refractivity contribution in [2.24, 2.45) is 28.2 Å². The summed E-state index contributed by atoms with van der Waals surface area (Å²) in [5.74, 6) is 6.66. The van der Waals surface area contributed by atoms with Gasteiger partial charge in [0.1, 0.15) is 5.04 Å². The Labute approximate surface area is 105 Å². The summed E-state index contributed by atoms with van der Waals surface area (Å²) in [7, 11) is 0. The van der Waals surface area contributed by atoms with Gasteiger partial charge in [-0.1, -0.05) is 59.4 Å². The predicted molar refractivity (Wildman–Crippen MR) is 76.4 cm³/mol. The molecule has 3 heteroatoms. The van der Waals surface area contributed by atoms with Gasteiger partial charge in [-0.3, -0.25) is 0 Å². The first-order valence-electron chi connectivity index (χ1n) is 5.86. The van der Waals surface area contributed by atoms with Gasteiger partial charge in [-0.25, -0.2) is 0 Å². The lowest BCUT2D eigenvalue weighted by Crippen LogP contribution is -2.20. The van der Waals surface area contributed by atoms with E-state index in [-0.39, 0.29) is 5.41 Å². The lowest BCUT2D eigenvalue weighted by atomic mass is 9.97. The molecule has 0 saturated heterocycles. The molecule has 0 saturated carbocycles. The largest absolute Gasteiger partial charge is 0.322 e. The maximum Gasteiger partial charge on any atom is 0.103 e. The lowest BCUT2D eigenvalue weighted by molar-refractivity contribution is 0.497. The molecule has 0 aliphatic heterocycles. The zero-order chi connectivity index (χ0) is 12.9. The fraction of sp³-hybridized carbons (Fsp3) is 0.769. The van der Waals surface area contributed by atoms with Gasteiger partial charge in [0.15, 0.2) is 0 Å². The minimum atomic E-state index is 0.0182. The molecular weight excluding hydrogens is 216 g/mol. The number of thioether (sulfide) groups is 1. The highest BCUT2D eigenvalue weighted by atomic mass is 32.2. The Morgan fingerprint density at radius 3 is 2.00 bits per heavy atom. The second-order valence-corrected chi connectivity index (χ2v) is 6.57. The van der Waals surface area contributed by atoms with E-state index in [1.807, 2.05) is 0 Å². The Balaban J connectivity index is 4.82. The second kappa shape index (κ2) is 6.33. The first-order chi connectivity index (χ1) is 7.23. The zero-order valence-corrected chi connectivity index (χ0v) is 12.5. The normalized spacial score (nSPS) is 16.8. The van der Waals surface area contributed by atoms with Gasteiger partial charge in [-0.15, -0.1) is 0 Å². The van der Waals surface area contributed by atoms with E-state index in [2.05, 4.69) is 59.6 Å². The fourth-order valence-electron chi connectivity index (χ4n) is 1.23. The number of rotatable bonds is 3. The van der Waals surface area contributed by atoms with Crippen LogP contribution in [0.5, 0.6) is 0 Å². The monoisotopic (exact) mass is 242 g/mol. The molecule has 0 heterocycles. The van der Waals surface area contributed by atoms with E-state index in [0.29, 0.717) is 11.8 Å². The Morgan fingerprint density at radius 1 is 1.25 bits per heavy atom. The summed E-state index contributed by atoms with van der Waals surface area (Å²) in [6.07, 6.45) is 2.17. The van der Waals surface area contributed by atoms with Crippen LogP contribution in [0, 0.1) is 17.3 Å². The second-order valence-electron chi connectivity index (χ2n) is 5.51. The van der Waals surface area contributed by atoms with Gasteiger partial charge in [-0.05, 0) is 23.7 Å². The molecule has 16 heavy (non-hydrogen) atoms. The maximum atomic E-state index is 5.48. The highest BCUT2D eigenvalue weighted by Crippen LogP contribution is 2.35. The number of hydrogen-bond acceptors (Lipinski definition) is 3. The van der Waals surface area contributed by atoms with Crippen LogP contribution in [0.15, 0.2) is 16.1 Å². The highest BCUT2D eigenvalue weighted by Gasteiger charge is 2.23. The summed E-state index contributed by atoms with van der Waals surface area (Å²) in [5, 5.41) is 4.92. The SMILES string of the molecule is C/C=C(\S/C(=N\N)C(C)(C)C)C(C)C(C)C. The van der Waals surface area contributed by atoms with E-state index in [9.17, 15) is 0 Å². The van der Waals surface area contributed by atoms with Crippen LogP contribution >= 0.6 is 11.8 Å². The molecule has 0 radical (unpaired) electrons. The van der Waals surface area contributed by atoms with Crippen molar-refractivity contribution in [1.82, 2.24) is 0 Å². The van der Waals surface area contributed by atoms with Crippen molar-refractivity contribution in [3.05, 3.63) is 11.0 Å². The van der Waals surface area contributed by atoms with E-state index < -0.39 is 0 Å². The Hall–Kier alpha value is -0.440. The summed E-state index contributed by atoms with van der Waals surface area (Å²) in [5.41, 5.74) is 0.0182. The van der Waals surface area contributed by atoms with Gasteiger partial charge in [0.2, 0.25) is 0 Å². The lowest BCUT2D eigenvalue weighted by Gasteiger charge is -2.24. The summed E-state index contributed by atoms with van der Waals surface area (Å²) in [6.45, 7) is 15.2. The van der Waals surface area contributed by atoms with Crippen molar-refractivity contribution < 1.29 is 0 Å². The molecule has 0 aliphatic rings. The molecule has 0 amide bonds. The predicted octanol–water partition coefficient (Wildman–Crippen LogP) is 4.23. The van der Waals surface area contributed by atoms with Gasteiger partial charge < -0.3 is 5.84 Å². The third-order valence-corrected chi connectivity index (χ3v) is 4.46. The molecular formula is C13H26N2S. The standard InChI is InChI=1S/C13H26N2S/c1-8-11(10(4)9(2)3)16-12(15-14)13(5,6)7/h8-10H,14H2,1-7H3/b11-8-,15-12-. The van der Waals surface area contributed by atoms with Crippen LogP contribution in [0.25, 0.3) is 0 Å². The molecule has 0 bridgehead atoms. The van der Waals surface area contributed by atoms with Gasteiger partial charge >= 0.3 is 0 Å². The number of allylic oxidation sites excluding steroid dienone is 2. The van der Waals surface area contributed by atoms with Gasteiger partial charge in [0, 0.05) is 5.41 Å². The van der Waals surface area contributed by atoms with E-state index in [1.165, 1.54) is 4.91 Å². The first kappa shape index (κ1) is 15.6. The van der Waals surface area contributed by atoms with Crippen LogP contribution in [0.3, 0.4) is 0 Å². The summed E-state index contributed by atoms with van der Waals surface area (Å²) in [4.78, 5) is 1.36. The molecule has 0 rings (SSSR count). The van der Waals surface area contributed by atoms with Crippen molar-refractivity contribution in [2.45, 2.75) is 48.5 Å². The van der Waals surface area contributed by atoms with Gasteiger partial charge in [0.25, 0.3) is 0 Å². The average Bonchev–Trinajstić information content (AvgIpc) is 2.16. The molecule has 1 atom stereocenters. The van der Waals surface area contributed by atoms with Crippen LogP contribution in [0.1, 0.15) is 48.5 Å². The molecule has 0 aliphatic carbocycles. The van der Waals surface area contributed by atoms with Gasteiger partial charge in [0.05, 0.1) is 0 Å². The van der Waals surface area contributed by atoms with Gasteiger partial charge in [-0.2, -0.15) is 5.10 Å². The molecule has 0 fully saturated rings. The van der Waals surface area contributed by atoms with E-state index in [1.54, 1.807) is 11.8 Å². The van der Waals surface area contributed by atoms with Crippen molar-refractivity contribution in [1.29, 1.82) is 0 Å². The van der Waals surface area contributed by atoms with Crippen molar-refractivity contribution in [2.75, 3.05) is 0 Å². The molecule has 0 spiro atoms.